The van der Waals surface area contributed by atoms with Crippen molar-refractivity contribution in [3.8, 4) is 11.5 Å². The van der Waals surface area contributed by atoms with Crippen LogP contribution in [-0.4, -0.2) is 51.6 Å². The summed E-state index contributed by atoms with van der Waals surface area (Å²) in [6.07, 6.45) is -0.180. The highest BCUT2D eigenvalue weighted by Crippen LogP contribution is 2.42. The molecule has 9 nitrogen and oxygen atoms in total. The fourth-order valence-electron chi connectivity index (χ4n) is 5.45. The van der Waals surface area contributed by atoms with E-state index >= 15 is 0 Å². The van der Waals surface area contributed by atoms with Gasteiger partial charge in [-0.25, -0.2) is 4.99 Å². The van der Waals surface area contributed by atoms with Crippen LogP contribution in [0.2, 0.25) is 0 Å². The molecule has 0 fully saturated rings. The Labute approximate surface area is 223 Å². The Morgan fingerprint density at radius 1 is 1.16 bits per heavy atom. The third kappa shape index (κ3) is 4.38. The first-order valence-corrected chi connectivity index (χ1v) is 13.1. The third-order valence-corrected chi connectivity index (χ3v) is 8.17. The van der Waals surface area contributed by atoms with Gasteiger partial charge in [-0.15, -0.1) is 0 Å². The molecule has 2 aromatic rings. The van der Waals surface area contributed by atoms with Gasteiger partial charge < -0.3 is 25.6 Å². The lowest BCUT2D eigenvalue weighted by molar-refractivity contribution is -0.132. The van der Waals surface area contributed by atoms with Crippen LogP contribution in [-0.2, 0) is 4.79 Å². The molecule has 3 aliphatic heterocycles. The molecule has 202 valence electrons. The fraction of sp³-hybridized carbons (Fsp3) is 0.483. The van der Waals surface area contributed by atoms with Crippen LogP contribution in [0.3, 0.4) is 0 Å². The van der Waals surface area contributed by atoms with Crippen molar-refractivity contribution in [2.24, 2.45) is 16.6 Å². The van der Waals surface area contributed by atoms with E-state index in [4.69, 9.17) is 20.2 Å². The maximum atomic E-state index is 13.5. The molecule has 3 heterocycles. The molecular formula is C29H36N4O5. The molecule has 9 heteroatoms. The first-order valence-electron chi connectivity index (χ1n) is 13.1. The number of nitrogens with two attached hydrogens (primary N) is 1. The van der Waals surface area contributed by atoms with Gasteiger partial charge in [0.05, 0.1) is 30.7 Å². The molecule has 38 heavy (non-hydrogen) atoms. The summed E-state index contributed by atoms with van der Waals surface area (Å²) in [7, 11) is 0. The second-order valence-electron chi connectivity index (χ2n) is 11.5. The molecule has 3 aliphatic rings. The summed E-state index contributed by atoms with van der Waals surface area (Å²) in [5.41, 5.74) is 6.73. The summed E-state index contributed by atoms with van der Waals surface area (Å²) in [6.45, 7) is 10.0. The first kappa shape index (κ1) is 26.0. The summed E-state index contributed by atoms with van der Waals surface area (Å²) in [6, 6.07) is 11.5. The Morgan fingerprint density at radius 2 is 1.89 bits per heavy atom. The Morgan fingerprint density at radius 3 is 2.61 bits per heavy atom. The van der Waals surface area contributed by atoms with E-state index < -0.39 is 29.3 Å². The molecular weight excluding hydrogens is 484 g/mol. The van der Waals surface area contributed by atoms with Crippen molar-refractivity contribution in [2.75, 3.05) is 6.61 Å². The van der Waals surface area contributed by atoms with Crippen molar-refractivity contribution in [3.05, 3.63) is 59.2 Å². The van der Waals surface area contributed by atoms with Gasteiger partial charge in [0.1, 0.15) is 23.2 Å². The smallest absolute Gasteiger partial charge is 0.251 e. The second-order valence-corrected chi connectivity index (χ2v) is 11.5. The normalized spacial score (nSPS) is 28.0. The highest BCUT2D eigenvalue weighted by atomic mass is 16.5. The molecule has 2 amide bonds. The summed E-state index contributed by atoms with van der Waals surface area (Å²) < 4.78 is 11.8. The van der Waals surface area contributed by atoms with E-state index in [-0.39, 0.29) is 30.1 Å². The van der Waals surface area contributed by atoms with E-state index in [1.807, 2.05) is 45.0 Å². The van der Waals surface area contributed by atoms with Crippen LogP contribution in [0.15, 0.2) is 47.5 Å². The van der Waals surface area contributed by atoms with Crippen LogP contribution < -0.4 is 20.5 Å². The van der Waals surface area contributed by atoms with Crippen LogP contribution >= 0.6 is 0 Å². The first-order chi connectivity index (χ1) is 17.9. The van der Waals surface area contributed by atoms with E-state index in [2.05, 4.69) is 5.32 Å². The fourth-order valence-corrected chi connectivity index (χ4v) is 5.45. The number of carbonyl (C=O) groups excluding carboxylic acids is 2. The van der Waals surface area contributed by atoms with E-state index in [0.29, 0.717) is 41.2 Å². The molecule has 0 aromatic heterocycles. The average Bonchev–Trinajstić information content (AvgIpc) is 2.85. The minimum Gasteiger partial charge on any atom is -0.493 e. The van der Waals surface area contributed by atoms with Gasteiger partial charge >= 0.3 is 0 Å². The van der Waals surface area contributed by atoms with Crippen molar-refractivity contribution in [1.29, 1.82) is 0 Å². The molecule has 0 aliphatic carbocycles. The molecule has 1 unspecified atom stereocenters. The topological polar surface area (TPSA) is 126 Å². The van der Waals surface area contributed by atoms with Crippen molar-refractivity contribution in [3.63, 3.8) is 0 Å². The number of ether oxygens (including phenoxy) is 2. The summed E-state index contributed by atoms with van der Waals surface area (Å²) in [5.74, 6) is 1.12. The molecule has 4 N–H and O–H groups in total. The number of aliphatic hydroxyl groups excluding tert-OH is 1. The predicted molar refractivity (Wildman–Crippen MR) is 143 cm³/mol. The number of hydrogen-bond acceptors (Lipinski definition) is 7. The number of nitrogens with one attached hydrogen (secondary N) is 1. The minimum atomic E-state index is -0.965. The Bertz CT molecular complexity index is 1310. The van der Waals surface area contributed by atoms with Gasteiger partial charge in [-0.1, -0.05) is 32.0 Å². The van der Waals surface area contributed by atoms with E-state index in [0.717, 1.165) is 0 Å². The van der Waals surface area contributed by atoms with Crippen LogP contribution in [0.1, 0.15) is 81.0 Å². The lowest BCUT2D eigenvalue weighted by Crippen LogP contribution is -2.54. The second kappa shape index (κ2) is 9.31. The van der Waals surface area contributed by atoms with E-state index in [9.17, 15) is 14.7 Å². The summed E-state index contributed by atoms with van der Waals surface area (Å²) in [5, 5.41) is 14.1. The zero-order valence-corrected chi connectivity index (χ0v) is 22.5. The number of aliphatic imine (C=N–C) groups is 1. The lowest BCUT2D eigenvalue weighted by Gasteiger charge is -2.42. The highest BCUT2D eigenvalue weighted by Gasteiger charge is 2.44. The molecule has 0 bridgehead atoms. The van der Waals surface area contributed by atoms with Gasteiger partial charge in [-0.05, 0) is 51.0 Å². The van der Waals surface area contributed by atoms with Crippen molar-refractivity contribution >= 4 is 17.8 Å². The molecule has 2 aromatic carbocycles. The Balaban J connectivity index is 1.45. The number of para-hydroxylation sites is 1. The van der Waals surface area contributed by atoms with Crippen LogP contribution in [0.25, 0.3) is 0 Å². The molecule has 0 spiro atoms. The summed E-state index contributed by atoms with van der Waals surface area (Å²) >= 11 is 0. The van der Waals surface area contributed by atoms with Gasteiger partial charge in [-0.2, -0.15) is 0 Å². The van der Waals surface area contributed by atoms with E-state index in [1.165, 1.54) is 0 Å². The number of fused-ring (bicyclic) bond motifs is 2. The zero-order chi connectivity index (χ0) is 27.4. The monoisotopic (exact) mass is 520 g/mol. The van der Waals surface area contributed by atoms with Crippen molar-refractivity contribution in [1.82, 2.24) is 10.2 Å². The number of rotatable bonds is 4. The number of benzene rings is 2. The minimum absolute atomic E-state index is 0.0921. The highest BCUT2D eigenvalue weighted by molar-refractivity contribution is 6.00. The quantitative estimate of drug-likeness (QED) is 0.567. The van der Waals surface area contributed by atoms with Gasteiger partial charge in [-0.3, -0.25) is 14.5 Å². The lowest BCUT2D eigenvalue weighted by atomic mass is 9.83. The maximum absolute atomic E-state index is 13.5. The Kier molecular flexibility index (Phi) is 6.38. The largest absolute Gasteiger partial charge is 0.493 e. The van der Waals surface area contributed by atoms with Gasteiger partial charge in [0.2, 0.25) is 5.91 Å². The summed E-state index contributed by atoms with van der Waals surface area (Å²) in [4.78, 5) is 33.1. The number of aliphatic hydroxyl groups is 1. The van der Waals surface area contributed by atoms with E-state index in [1.54, 1.807) is 36.9 Å². The van der Waals surface area contributed by atoms with Crippen LogP contribution in [0, 0.1) is 5.92 Å². The zero-order valence-electron chi connectivity index (χ0n) is 22.5. The van der Waals surface area contributed by atoms with Gasteiger partial charge in [0, 0.05) is 23.1 Å². The standard InChI is InChI=1S/C29H36N4O5/c1-16(2)29(5)15-23(34)33(27(30)32-29)20-12-13-37-21-11-10-17(14-19(20)21)26(36)31-24-18-8-6-7-9-22(18)38-28(3,4)25(24)35/h6-11,14,16,20,24-25,35H,12-13,15H2,1-5H3,(H2,30,32)(H,31,36)/t20-,24-,25?,29+/m1/s1. The molecule has 5 rings (SSSR count). The number of hydrogen-bond donors (Lipinski definition) is 3. The van der Waals surface area contributed by atoms with Crippen molar-refractivity contribution < 1.29 is 24.2 Å². The molecule has 4 atom stereocenters. The van der Waals surface area contributed by atoms with Crippen LogP contribution in [0.5, 0.6) is 11.5 Å². The third-order valence-electron chi connectivity index (χ3n) is 8.17. The number of nitrogens with zero attached hydrogens (tertiary/aromatic N) is 2. The molecule has 0 saturated heterocycles. The van der Waals surface area contributed by atoms with Crippen molar-refractivity contribution in [2.45, 2.75) is 76.8 Å². The van der Waals surface area contributed by atoms with Gasteiger partial charge in [0.15, 0.2) is 5.96 Å². The predicted octanol–water partition coefficient (Wildman–Crippen LogP) is 3.47. The molecule has 0 saturated carbocycles. The Hall–Kier alpha value is -3.59. The molecule has 0 radical (unpaired) electrons. The van der Waals surface area contributed by atoms with Crippen LogP contribution in [0.4, 0.5) is 0 Å². The number of amides is 2. The maximum Gasteiger partial charge on any atom is 0.251 e. The average molecular weight is 521 g/mol. The number of guanidine groups is 1. The van der Waals surface area contributed by atoms with Gasteiger partial charge in [0.25, 0.3) is 5.91 Å². The number of carbonyl (C=O) groups is 2. The SMILES string of the molecule is CC(C)[C@]1(C)CC(=O)N([C@@H]2CCOc3ccc(C(=O)N[C@@H]4c5ccccc5OC(C)(C)C4O)cc32)C(N)=N1.